The molecule has 3 heteroatoms. The van der Waals surface area contributed by atoms with Crippen LogP contribution in [0.4, 0.5) is 0 Å². The highest BCUT2D eigenvalue weighted by Crippen LogP contribution is 2.48. The topological polar surface area (TPSA) is 32.3 Å². The average molecular weight is 272 g/mol. The molecule has 1 saturated heterocycles. The first-order valence-corrected chi connectivity index (χ1v) is 7.81. The van der Waals surface area contributed by atoms with Crippen molar-refractivity contribution in [2.24, 2.45) is 5.92 Å². The summed E-state index contributed by atoms with van der Waals surface area (Å²) in [6.07, 6.45) is 4.60. The number of hydrogen-bond acceptors (Lipinski definition) is 2. The van der Waals surface area contributed by atoms with Crippen molar-refractivity contribution in [1.82, 2.24) is 10.2 Å². The Balaban J connectivity index is 1.64. The van der Waals surface area contributed by atoms with Gasteiger partial charge in [-0.3, -0.25) is 4.79 Å². The van der Waals surface area contributed by atoms with Gasteiger partial charge in [0.05, 0.1) is 0 Å². The fourth-order valence-electron chi connectivity index (χ4n) is 3.49. The van der Waals surface area contributed by atoms with Gasteiger partial charge >= 0.3 is 0 Å². The quantitative estimate of drug-likeness (QED) is 0.913. The molecule has 3 nitrogen and oxygen atoms in total. The van der Waals surface area contributed by atoms with Crippen LogP contribution in [0.15, 0.2) is 30.3 Å². The Bertz CT molecular complexity index is 457. The second kappa shape index (κ2) is 5.96. The highest BCUT2D eigenvalue weighted by atomic mass is 16.2. The van der Waals surface area contributed by atoms with Gasteiger partial charge in [-0.05, 0) is 44.2 Å². The molecule has 3 rings (SSSR count). The molecule has 0 aromatic heterocycles. The number of amides is 1. The third-order valence-corrected chi connectivity index (χ3v) is 4.69. The number of likely N-dealkylation sites (N-methyl/N-ethyl adjacent to an activating group) is 1. The standard InChI is InChI=1S/C17H24N2O/c1-18-12-14-9-5-6-10-19(14)17(20)16-11-15(16)13-7-3-2-4-8-13/h2-4,7-8,14-16,18H,5-6,9-12H2,1H3. The van der Waals surface area contributed by atoms with Crippen molar-refractivity contribution in [2.45, 2.75) is 37.6 Å². The van der Waals surface area contributed by atoms with Crippen LogP contribution in [-0.4, -0.2) is 37.0 Å². The van der Waals surface area contributed by atoms with Crippen LogP contribution in [-0.2, 0) is 4.79 Å². The van der Waals surface area contributed by atoms with Gasteiger partial charge in [-0.15, -0.1) is 0 Å². The van der Waals surface area contributed by atoms with Crippen molar-refractivity contribution < 1.29 is 4.79 Å². The molecule has 1 saturated carbocycles. The van der Waals surface area contributed by atoms with Crippen molar-refractivity contribution >= 4 is 5.91 Å². The predicted octanol–water partition coefficient (Wildman–Crippen LogP) is 2.39. The molecule has 0 radical (unpaired) electrons. The Morgan fingerprint density at radius 1 is 1.30 bits per heavy atom. The summed E-state index contributed by atoms with van der Waals surface area (Å²) in [7, 11) is 1.97. The summed E-state index contributed by atoms with van der Waals surface area (Å²) in [6, 6.07) is 10.9. The van der Waals surface area contributed by atoms with Gasteiger partial charge in [-0.2, -0.15) is 0 Å². The lowest BCUT2D eigenvalue weighted by atomic mass is 10.0. The number of piperidine rings is 1. The van der Waals surface area contributed by atoms with Crippen LogP contribution in [0, 0.1) is 5.92 Å². The average Bonchev–Trinajstić information content (AvgIpc) is 3.29. The number of carbonyl (C=O) groups is 1. The van der Waals surface area contributed by atoms with E-state index in [2.05, 4.69) is 34.5 Å². The number of carbonyl (C=O) groups excluding carboxylic acids is 1. The first kappa shape index (κ1) is 13.6. The maximum absolute atomic E-state index is 12.7. The maximum atomic E-state index is 12.7. The molecular weight excluding hydrogens is 248 g/mol. The minimum Gasteiger partial charge on any atom is -0.338 e. The predicted molar refractivity (Wildman–Crippen MR) is 80.6 cm³/mol. The lowest BCUT2D eigenvalue weighted by molar-refractivity contribution is -0.136. The fraction of sp³-hybridized carbons (Fsp3) is 0.588. The Morgan fingerprint density at radius 3 is 2.85 bits per heavy atom. The summed E-state index contributed by atoms with van der Waals surface area (Å²) < 4.78 is 0. The van der Waals surface area contributed by atoms with Crippen LogP contribution in [0.1, 0.15) is 37.2 Å². The van der Waals surface area contributed by atoms with Crippen molar-refractivity contribution in [1.29, 1.82) is 0 Å². The molecule has 2 aliphatic rings. The Kier molecular flexibility index (Phi) is 4.06. The minimum atomic E-state index is 0.231. The van der Waals surface area contributed by atoms with Crippen LogP contribution in [0.25, 0.3) is 0 Å². The molecule has 1 aromatic carbocycles. The van der Waals surface area contributed by atoms with Gasteiger partial charge < -0.3 is 10.2 Å². The van der Waals surface area contributed by atoms with Crippen molar-refractivity contribution in [3.05, 3.63) is 35.9 Å². The first-order valence-electron chi connectivity index (χ1n) is 7.81. The summed E-state index contributed by atoms with van der Waals surface area (Å²) in [5, 5.41) is 3.23. The van der Waals surface area contributed by atoms with E-state index >= 15 is 0 Å². The SMILES string of the molecule is CNCC1CCCCN1C(=O)C1CC1c1ccccc1. The van der Waals surface area contributed by atoms with E-state index in [1.807, 2.05) is 13.1 Å². The second-order valence-corrected chi connectivity index (χ2v) is 6.10. The van der Waals surface area contributed by atoms with Gasteiger partial charge in [0, 0.05) is 25.0 Å². The number of rotatable bonds is 4. The molecule has 1 heterocycles. The van der Waals surface area contributed by atoms with Gasteiger partial charge in [-0.1, -0.05) is 30.3 Å². The minimum absolute atomic E-state index is 0.231. The lowest BCUT2D eigenvalue weighted by Gasteiger charge is -2.36. The van der Waals surface area contributed by atoms with Gasteiger partial charge in [0.1, 0.15) is 0 Å². The molecule has 1 aromatic rings. The molecule has 0 spiro atoms. The van der Waals surface area contributed by atoms with E-state index < -0.39 is 0 Å². The fourth-order valence-corrected chi connectivity index (χ4v) is 3.49. The summed E-state index contributed by atoms with van der Waals surface area (Å²) in [6.45, 7) is 1.87. The molecule has 0 bridgehead atoms. The lowest BCUT2D eigenvalue weighted by Crippen LogP contribution is -2.48. The molecule has 108 valence electrons. The number of hydrogen-bond donors (Lipinski definition) is 1. The number of nitrogens with zero attached hydrogens (tertiary/aromatic N) is 1. The third-order valence-electron chi connectivity index (χ3n) is 4.69. The van der Waals surface area contributed by atoms with Gasteiger partial charge in [-0.25, -0.2) is 0 Å². The zero-order valence-electron chi connectivity index (χ0n) is 12.2. The highest BCUT2D eigenvalue weighted by molar-refractivity contribution is 5.83. The molecule has 1 N–H and O–H groups in total. The van der Waals surface area contributed by atoms with Crippen molar-refractivity contribution in [3.63, 3.8) is 0 Å². The van der Waals surface area contributed by atoms with E-state index in [1.54, 1.807) is 0 Å². The molecule has 3 atom stereocenters. The van der Waals surface area contributed by atoms with Gasteiger partial charge in [0.25, 0.3) is 0 Å². The van der Waals surface area contributed by atoms with Crippen LogP contribution in [0.3, 0.4) is 0 Å². The largest absolute Gasteiger partial charge is 0.338 e. The number of nitrogens with one attached hydrogen (secondary N) is 1. The van der Waals surface area contributed by atoms with Gasteiger partial charge in [0.15, 0.2) is 0 Å². The molecule has 1 aliphatic heterocycles. The highest BCUT2D eigenvalue weighted by Gasteiger charge is 2.46. The van der Waals surface area contributed by atoms with Gasteiger partial charge in [0.2, 0.25) is 5.91 Å². The van der Waals surface area contributed by atoms with Crippen LogP contribution in [0.2, 0.25) is 0 Å². The zero-order valence-corrected chi connectivity index (χ0v) is 12.2. The van der Waals surface area contributed by atoms with Crippen molar-refractivity contribution in [3.8, 4) is 0 Å². The Labute approximate surface area is 121 Å². The Hall–Kier alpha value is -1.35. The van der Waals surface area contributed by atoms with Crippen LogP contribution >= 0.6 is 0 Å². The normalized spacial score (nSPS) is 29.2. The molecule has 1 amide bonds. The number of benzene rings is 1. The smallest absolute Gasteiger partial charge is 0.226 e. The molecule has 2 fully saturated rings. The van der Waals surface area contributed by atoms with E-state index in [0.717, 1.165) is 32.4 Å². The van der Waals surface area contributed by atoms with E-state index in [4.69, 9.17) is 0 Å². The number of likely N-dealkylation sites (tertiary alicyclic amines) is 1. The second-order valence-electron chi connectivity index (χ2n) is 6.10. The molecule has 3 unspecified atom stereocenters. The third kappa shape index (κ3) is 2.73. The molecular formula is C17H24N2O. The van der Waals surface area contributed by atoms with Crippen LogP contribution < -0.4 is 5.32 Å². The maximum Gasteiger partial charge on any atom is 0.226 e. The van der Waals surface area contributed by atoms with E-state index in [1.165, 1.54) is 12.0 Å². The summed E-state index contributed by atoms with van der Waals surface area (Å²) in [5.41, 5.74) is 1.33. The van der Waals surface area contributed by atoms with Crippen molar-refractivity contribution in [2.75, 3.05) is 20.1 Å². The first-order chi connectivity index (χ1) is 9.81. The monoisotopic (exact) mass is 272 g/mol. The molecule has 1 aliphatic carbocycles. The van der Waals surface area contributed by atoms with E-state index in [9.17, 15) is 4.79 Å². The molecule has 20 heavy (non-hydrogen) atoms. The van der Waals surface area contributed by atoms with E-state index in [-0.39, 0.29) is 5.92 Å². The zero-order chi connectivity index (χ0) is 13.9. The summed E-state index contributed by atoms with van der Waals surface area (Å²) >= 11 is 0. The summed E-state index contributed by atoms with van der Waals surface area (Å²) in [5.74, 6) is 1.08. The summed E-state index contributed by atoms with van der Waals surface area (Å²) in [4.78, 5) is 14.9. The Morgan fingerprint density at radius 2 is 2.10 bits per heavy atom. The van der Waals surface area contributed by atoms with E-state index in [0.29, 0.717) is 17.9 Å². The van der Waals surface area contributed by atoms with Crippen LogP contribution in [0.5, 0.6) is 0 Å².